The predicted octanol–water partition coefficient (Wildman–Crippen LogP) is 4.04. The zero-order valence-electron chi connectivity index (χ0n) is 16.6. The molecule has 2 fully saturated rings. The van der Waals surface area contributed by atoms with E-state index in [-0.39, 0.29) is 24.4 Å². The summed E-state index contributed by atoms with van der Waals surface area (Å²) in [4.78, 5) is 34.2. The third kappa shape index (κ3) is 2.99. The topological polar surface area (TPSA) is 49.9 Å². The Kier molecular flexibility index (Phi) is 4.60. The van der Waals surface area contributed by atoms with Crippen LogP contribution in [0.25, 0.3) is 0 Å². The Morgan fingerprint density at radius 1 is 0.800 bits per heavy atom. The molecule has 30 heavy (non-hydrogen) atoms. The monoisotopic (exact) mass is 398 g/mol. The number of carbonyl (C=O) groups excluding carboxylic acids is 2. The Morgan fingerprint density at radius 3 is 2.13 bits per heavy atom. The molecule has 0 unspecified atom stereocenters. The smallest absolute Gasteiger partial charge is 0.262 e. The highest BCUT2D eigenvalue weighted by Crippen LogP contribution is 2.47. The molecule has 3 aromatic rings. The minimum Gasteiger partial charge on any atom is -0.275 e. The van der Waals surface area contributed by atoms with Crippen LogP contribution in [0.5, 0.6) is 0 Å². The van der Waals surface area contributed by atoms with Gasteiger partial charge in [0.15, 0.2) is 6.10 Å². The molecule has 0 aromatic heterocycles. The summed E-state index contributed by atoms with van der Waals surface area (Å²) in [6, 6.07) is 26.8. The molecule has 2 heterocycles. The van der Waals surface area contributed by atoms with Gasteiger partial charge in [0, 0.05) is 0 Å². The number of amides is 2. The second-order valence-electron chi connectivity index (χ2n) is 7.76. The van der Waals surface area contributed by atoms with Crippen LogP contribution in [0.3, 0.4) is 0 Å². The molecular weight excluding hydrogens is 376 g/mol. The first kappa shape index (κ1) is 18.6. The summed E-state index contributed by atoms with van der Waals surface area (Å²) < 4.78 is 0. The maximum atomic E-state index is 13.5. The summed E-state index contributed by atoms with van der Waals surface area (Å²) in [6.45, 7) is 2.29. The Morgan fingerprint density at radius 2 is 1.43 bits per heavy atom. The van der Waals surface area contributed by atoms with E-state index in [9.17, 15) is 9.59 Å². The van der Waals surface area contributed by atoms with Gasteiger partial charge in [-0.25, -0.2) is 5.06 Å². The number of anilines is 1. The lowest BCUT2D eigenvalue weighted by molar-refractivity contribution is -0.143. The van der Waals surface area contributed by atoms with Crippen LogP contribution in [0.15, 0.2) is 84.9 Å². The fourth-order valence-electron chi connectivity index (χ4n) is 4.43. The van der Waals surface area contributed by atoms with Gasteiger partial charge in [-0.05, 0) is 35.7 Å². The summed E-state index contributed by atoms with van der Waals surface area (Å²) in [6.07, 6.45) is -0.814. The molecule has 5 rings (SSSR count). The molecule has 0 N–H and O–H groups in total. The molecule has 3 aromatic carbocycles. The fourth-order valence-corrected chi connectivity index (χ4v) is 4.43. The Bertz CT molecular complexity index is 1080. The third-order valence-electron chi connectivity index (χ3n) is 5.91. The number of likely N-dealkylation sites (tertiary alicyclic amines) is 1. The molecule has 3 atom stereocenters. The first-order chi connectivity index (χ1) is 14.6. The van der Waals surface area contributed by atoms with Crippen molar-refractivity contribution in [2.75, 3.05) is 5.06 Å². The van der Waals surface area contributed by atoms with Gasteiger partial charge in [-0.2, -0.15) is 0 Å². The summed E-state index contributed by atoms with van der Waals surface area (Å²) in [5, 5.41) is 1.74. The Balaban J connectivity index is 1.54. The summed E-state index contributed by atoms with van der Waals surface area (Å²) in [7, 11) is 0. The molecule has 0 aliphatic carbocycles. The van der Waals surface area contributed by atoms with Gasteiger partial charge in [0.05, 0.1) is 18.3 Å². The first-order valence-corrected chi connectivity index (χ1v) is 10.1. The fraction of sp³-hybridized carbons (Fsp3) is 0.200. The van der Waals surface area contributed by atoms with Crippen LogP contribution >= 0.6 is 0 Å². The van der Waals surface area contributed by atoms with E-state index < -0.39 is 12.0 Å². The predicted molar refractivity (Wildman–Crippen MR) is 113 cm³/mol. The number of carbonyl (C=O) groups is 2. The summed E-state index contributed by atoms with van der Waals surface area (Å²) >= 11 is 0. The number of benzene rings is 3. The van der Waals surface area contributed by atoms with E-state index in [0.29, 0.717) is 0 Å². The number of aryl methyl sites for hydroxylation is 1. The van der Waals surface area contributed by atoms with E-state index in [4.69, 9.17) is 4.84 Å². The van der Waals surface area contributed by atoms with Crippen molar-refractivity contribution in [2.45, 2.75) is 25.6 Å². The maximum Gasteiger partial charge on any atom is 0.262 e. The van der Waals surface area contributed by atoms with Gasteiger partial charge in [0.2, 0.25) is 5.91 Å². The van der Waals surface area contributed by atoms with Gasteiger partial charge in [-0.1, -0.05) is 72.8 Å². The van der Waals surface area contributed by atoms with E-state index >= 15 is 0 Å². The van der Waals surface area contributed by atoms with Crippen molar-refractivity contribution >= 4 is 17.5 Å². The number of imide groups is 1. The molecule has 0 bridgehead atoms. The molecule has 2 saturated heterocycles. The van der Waals surface area contributed by atoms with Gasteiger partial charge in [-0.3, -0.25) is 19.3 Å². The highest BCUT2D eigenvalue weighted by atomic mass is 16.7. The SMILES string of the molecule is Cc1ccccc1[C@@H]1[C@@H]2C(=O)N(Cc3ccccc3)C(=O)[C@@H]2ON1c1ccccc1. The summed E-state index contributed by atoms with van der Waals surface area (Å²) in [5.74, 6) is -1.03. The number of hydroxylamine groups is 1. The zero-order valence-corrected chi connectivity index (χ0v) is 16.6. The van der Waals surface area contributed by atoms with Gasteiger partial charge in [-0.15, -0.1) is 0 Å². The number of hydrogen-bond donors (Lipinski definition) is 0. The summed E-state index contributed by atoms with van der Waals surface area (Å²) in [5.41, 5.74) is 3.81. The molecular formula is C25H22N2O3. The van der Waals surface area contributed by atoms with Crippen LogP contribution in [0.1, 0.15) is 22.7 Å². The van der Waals surface area contributed by atoms with Gasteiger partial charge in [0.25, 0.3) is 5.91 Å². The van der Waals surface area contributed by atoms with Gasteiger partial charge >= 0.3 is 0 Å². The van der Waals surface area contributed by atoms with Crippen LogP contribution in [0.2, 0.25) is 0 Å². The molecule has 2 aliphatic heterocycles. The highest BCUT2D eigenvalue weighted by Gasteiger charge is 2.59. The second kappa shape index (κ2) is 7.43. The number of rotatable bonds is 4. The molecule has 150 valence electrons. The van der Waals surface area contributed by atoms with Gasteiger partial charge < -0.3 is 0 Å². The minimum absolute atomic E-state index is 0.180. The van der Waals surface area contributed by atoms with Crippen molar-refractivity contribution in [1.82, 2.24) is 4.90 Å². The van der Waals surface area contributed by atoms with E-state index in [1.807, 2.05) is 91.9 Å². The van der Waals surface area contributed by atoms with Crippen molar-refractivity contribution in [3.8, 4) is 0 Å². The largest absolute Gasteiger partial charge is 0.275 e. The quantitative estimate of drug-likeness (QED) is 0.623. The molecule has 0 radical (unpaired) electrons. The maximum absolute atomic E-state index is 13.5. The van der Waals surface area contributed by atoms with E-state index in [1.54, 1.807) is 5.06 Å². The van der Waals surface area contributed by atoms with Crippen molar-refractivity contribution < 1.29 is 14.4 Å². The zero-order chi connectivity index (χ0) is 20.7. The van der Waals surface area contributed by atoms with Crippen molar-refractivity contribution in [1.29, 1.82) is 0 Å². The lowest BCUT2D eigenvalue weighted by atomic mass is 9.88. The Labute approximate surface area is 175 Å². The number of para-hydroxylation sites is 1. The van der Waals surface area contributed by atoms with Gasteiger partial charge in [0.1, 0.15) is 5.92 Å². The molecule has 2 aliphatic rings. The van der Waals surface area contributed by atoms with Crippen LogP contribution in [-0.2, 0) is 21.0 Å². The minimum atomic E-state index is -0.814. The molecule has 2 amide bonds. The Hall–Kier alpha value is -3.44. The highest BCUT2D eigenvalue weighted by molar-refractivity contribution is 6.07. The lowest BCUT2D eigenvalue weighted by Crippen LogP contribution is -2.37. The number of nitrogens with zero attached hydrogens (tertiary/aromatic N) is 2. The van der Waals surface area contributed by atoms with Crippen LogP contribution in [0.4, 0.5) is 5.69 Å². The lowest BCUT2D eigenvalue weighted by Gasteiger charge is -2.29. The number of fused-ring (bicyclic) bond motifs is 1. The van der Waals surface area contributed by atoms with Crippen molar-refractivity contribution in [2.24, 2.45) is 5.92 Å². The van der Waals surface area contributed by atoms with Crippen LogP contribution in [0, 0.1) is 12.8 Å². The number of hydrogen-bond acceptors (Lipinski definition) is 4. The second-order valence-corrected chi connectivity index (χ2v) is 7.76. The normalized spacial score (nSPS) is 23.2. The third-order valence-corrected chi connectivity index (χ3v) is 5.91. The van der Waals surface area contributed by atoms with E-state index in [0.717, 1.165) is 22.4 Å². The van der Waals surface area contributed by atoms with E-state index in [1.165, 1.54) is 4.90 Å². The first-order valence-electron chi connectivity index (χ1n) is 10.1. The molecule has 0 saturated carbocycles. The van der Waals surface area contributed by atoms with E-state index in [2.05, 4.69) is 0 Å². The average molecular weight is 398 g/mol. The van der Waals surface area contributed by atoms with Crippen LogP contribution in [-0.4, -0.2) is 22.8 Å². The average Bonchev–Trinajstić information content (AvgIpc) is 3.27. The van der Waals surface area contributed by atoms with Crippen molar-refractivity contribution in [3.05, 3.63) is 102 Å². The van der Waals surface area contributed by atoms with Crippen molar-refractivity contribution in [3.63, 3.8) is 0 Å². The molecule has 5 heteroatoms. The standard InChI is InChI=1S/C25H22N2O3/c1-17-10-8-9-15-20(17)22-21-23(30-27(22)19-13-6-3-7-14-19)25(29)26(24(21)28)16-18-11-4-2-5-12-18/h2-15,21-23H,16H2,1H3/t21-,22+,23+/m0/s1. The molecule has 0 spiro atoms. The van der Waals surface area contributed by atoms with Crippen LogP contribution < -0.4 is 5.06 Å². The molecule has 5 nitrogen and oxygen atoms in total.